The molecule has 0 saturated heterocycles. The van der Waals surface area contributed by atoms with Crippen LogP contribution in [0, 0.1) is 0 Å². The normalized spacial score (nSPS) is 13.9. The molecule has 0 spiro atoms. The van der Waals surface area contributed by atoms with Crippen molar-refractivity contribution in [3.63, 3.8) is 0 Å². The van der Waals surface area contributed by atoms with Crippen LogP contribution in [0.4, 0.5) is 0 Å². The first-order chi connectivity index (χ1) is 21.6. The average molecular weight is 563 g/mol. The Morgan fingerprint density at radius 1 is 0.568 bits per heavy atom. The van der Waals surface area contributed by atoms with Gasteiger partial charge in [0.15, 0.2) is 0 Å². The Balaban J connectivity index is 1.44. The summed E-state index contributed by atoms with van der Waals surface area (Å²) in [5.41, 5.74) is 9.13. The van der Waals surface area contributed by atoms with E-state index in [2.05, 4.69) is 128 Å². The van der Waals surface area contributed by atoms with Crippen LogP contribution in [0.2, 0.25) is 0 Å². The number of rotatable bonds is 1. The minimum Gasteiger partial charge on any atom is -0.277 e. The molecule has 3 aromatic heterocycles. The molecule has 1 aliphatic carbocycles. The molecule has 0 atom stereocenters. The molecule has 4 heteroatoms. The van der Waals surface area contributed by atoms with Gasteiger partial charge in [0, 0.05) is 50.3 Å². The number of hydrogen-bond acceptors (Lipinski definition) is 3. The van der Waals surface area contributed by atoms with Crippen molar-refractivity contribution in [3.05, 3.63) is 133 Å². The zero-order valence-electron chi connectivity index (χ0n) is 24.3. The maximum absolute atomic E-state index is 5.43. The topological polar surface area (TPSA) is 43.6 Å². The second kappa shape index (κ2) is 8.27. The van der Waals surface area contributed by atoms with Gasteiger partial charge in [0.25, 0.3) is 0 Å². The van der Waals surface area contributed by atoms with Crippen molar-refractivity contribution in [3.8, 4) is 17.1 Å². The molecule has 0 aliphatic heterocycles. The van der Waals surface area contributed by atoms with Crippen LogP contribution in [-0.4, -0.2) is 19.5 Å². The quantitative estimate of drug-likeness (QED) is 0.187. The van der Waals surface area contributed by atoms with E-state index >= 15 is 0 Å². The van der Waals surface area contributed by atoms with Crippen LogP contribution in [0.1, 0.15) is 25.0 Å². The summed E-state index contributed by atoms with van der Waals surface area (Å²) in [6.45, 7) is 4.66. The Hall–Kier alpha value is -5.61. The summed E-state index contributed by atoms with van der Waals surface area (Å²) in [5.74, 6) is 0.678. The minimum absolute atomic E-state index is 0.215. The lowest BCUT2D eigenvalue weighted by atomic mass is 9.81. The number of pyridine rings is 1. The van der Waals surface area contributed by atoms with E-state index in [4.69, 9.17) is 15.0 Å². The van der Waals surface area contributed by atoms with Crippen molar-refractivity contribution >= 4 is 65.2 Å². The molecule has 0 radical (unpaired) electrons. The van der Waals surface area contributed by atoms with E-state index < -0.39 is 0 Å². The van der Waals surface area contributed by atoms with E-state index in [-0.39, 0.29) is 5.41 Å². The Kier molecular flexibility index (Phi) is 4.49. The van der Waals surface area contributed by atoms with Gasteiger partial charge in [-0.2, -0.15) is 0 Å². The summed E-state index contributed by atoms with van der Waals surface area (Å²) in [7, 11) is 0. The smallest absolute Gasteiger partial charge is 0.235 e. The van der Waals surface area contributed by atoms with Gasteiger partial charge >= 0.3 is 0 Å². The molecule has 10 rings (SSSR count). The van der Waals surface area contributed by atoms with Crippen LogP contribution in [0.5, 0.6) is 0 Å². The van der Waals surface area contributed by atoms with Crippen molar-refractivity contribution in [2.45, 2.75) is 19.3 Å². The SMILES string of the molecule is CC1(C)c2ccccc2-c2c1c1ncccc1c1c3ccccc3n(-c3ncc4c5ccccc5c5ccccc5c4n3)c21. The zero-order chi connectivity index (χ0) is 29.2. The second-order valence-electron chi connectivity index (χ2n) is 12.4. The molecule has 0 unspecified atom stereocenters. The first-order valence-corrected chi connectivity index (χ1v) is 15.1. The molecule has 0 amide bonds. The molecule has 0 N–H and O–H groups in total. The van der Waals surface area contributed by atoms with E-state index in [0.29, 0.717) is 5.95 Å². The summed E-state index contributed by atoms with van der Waals surface area (Å²) >= 11 is 0. The Morgan fingerprint density at radius 2 is 1.20 bits per heavy atom. The fourth-order valence-corrected chi connectivity index (χ4v) is 8.01. The molecule has 9 aromatic rings. The number of hydrogen-bond donors (Lipinski definition) is 0. The molecular weight excluding hydrogens is 536 g/mol. The summed E-state index contributed by atoms with van der Waals surface area (Å²) in [4.78, 5) is 15.6. The monoisotopic (exact) mass is 562 g/mol. The van der Waals surface area contributed by atoms with E-state index in [1.807, 2.05) is 12.4 Å². The Bertz CT molecular complexity index is 2660. The highest BCUT2D eigenvalue weighted by molar-refractivity contribution is 6.27. The summed E-state index contributed by atoms with van der Waals surface area (Å²) in [6.07, 6.45) is 3.95. The largest absolute Gasteiger partial charge is 0.277 e. The molecule has 1 aliphatic rings. The maximum atomic E-state index is 5.43. The van der Waals surface area contributed by atoms with Gasteiger partial charge in [-0.3, -0.25) is 9.55 Å². The number of fused-ring (bicyclic) bond motifs is 16. The summed E-state index contributed by atoms with van der Waals surface area (Å²) in [5, 5.41) is 9.33. The van der Waals surface area contributed by atoms with E-state index in [9.17, 15) is 0 Å². The zero-order valence-corrected chi connectivity index (χ0v) is 24.3. The van der Waals surface area contributed by atoms with Crippen LogP contribution < -0.4 is 0 Å². The second-order valence-corrected chi connectivity index (χ2v) is 12.4. The van der Waals surface area contributed by atoms with Crippen molar-refractivity contribution < 1.29 is 0 Å². The van der Waals surface area contributed by atoms with E-state index in [0.717, 1.165) is 38.2 Å². The maximum Gasteiger partial charge on any atom is 0.235 e. The van der Waals surface area contributed by atoms with Crippen LogP contribution in [0.3, 0.4) is 0 Å². The molecular formula is C40H26N4. The highest BCUT2D eigenvalue weighted by atomic mass is 15.2. The highest BCUT2D eigenvalue weighted by Gasteiger charge is 2.40. The predicted molar refractivity (Wildman–Crippen MR) is 182 cm³/mol. The lowest BCUT2D eigenvalue weighted by Gasteiger charge is -2.23. The van der Waals surface area contributed by atoms with Gasteiger partial charge < -0.3 is 0 Å². The van der Waals surface area contributed by atoms with Gasteiger partial charge in [0.05, 0.1) is 22.1 Å². The third-order valence-corrected chi connectivity index (χ3v) is 9.84. The molecule has 0 bridgehead atoms. The molecule has 4 nitrogen and oxygen atoms in total. The van der Waals surface area contributed by atoms with Crippen LogP contribution >= 0.6 is 0 Å². The van der Waals surface area contributed by atoms with Crippen molar-refractivity contribution in [1.29, 1.82) is 0 Å². The Labute approximate surface area is 253 Å². The Morgan fingerprint density at radius 3 is 2.02 bits per heavy atom. The van der Waals surface area contributed by atoms with Gasteiger partial charge in [0.1, 0.15) is 0 Å². The van der Waals surface area contributed by atoms with Crippen LogP contribution in [0.25, 0.3) is 82.2 Å². The van der Waals surface area contributed by atoms with Crippen molar-refractivity contribution in [1.82, 2.24) is 19.5 Å². The summed E-state index contributed by atoms with van der Waals surface area (Å²) < 4.78 is 2.30. The molecule has 6 aromatic carbocycles. The van der Waals surface area contributed by atoms with E-state index in [1.54, 1.807) is 0 Å². The number of aromatic nitrogens is 4. The lowest BCUT2D eigenvalue weighted by Crippen LogP contribution is -2.16. The molecule has 0 saturated carbocycles. The van der Waals surface area contributed by atoms with Gasteiger partial charge in [-0.15, -0.1) is 0 Å². The predicted octanol–water partition coefficient (Wildman–Crippen LogP) is 9.89. The number of nitrogens with zero attached hydrogens (tertiary/aromatic N) is 4. The number of benzene rings is 6. The van der Waals surface area contributed by atoms with Crippen LogP contribution in [0.15, 0.2) is 122 Å². The third kappa shape index (κ3) is 2.85. The van der Waals surface area contributed by atoms with Crippen LogP contribution in [-0.2, 0) is 5.41 Å². The van der Waals surface area contributed by atoms with Crippen molar-refractivity contribution in [2.75, 3.05) is 0 Å². The van der Waals surface area contributed by atoms with E-state index in [1.165, 1.54) is 49.2 Å². The third-order valence-electron chi connectivity index (χ3n) is 9.84. The summed E-state index contributed by atoms with van der Waals surface area (Å²) in [6, 6.07) is 38.9. The van der Waals surface area contributed by atoms with Crippen molar-refractivity contribution in [2.24, 2.45) is 0 Å². The highest BCUT2D eigenvalue weighted by Crippen LogP contribution is 2.55. The van der Waals surface area contributed by atoms with Gasteiger partial charge in [-0.25, -0.2) is 9.97 Å². The minimum atomic E-state index is -0.215. The molecule has 0 fully saturated rings. The van der Waals surface area contributed by atoms with Gasteiger partial charge in [0.2, 0.25) is 5.95 Å². The first kappa shape index (κ1) is 23.9. The fourth-order valence-electron chi connectivity index (χ4n) is 8.01. The first-order valence-electron chi connectivity index (χ1n) is 15.1. The lowest BCUT2D eigenvalue weighted by molar-refractivity contribution is 0.665. The molecule has 44 heavy (non-hydrogen) atoms. The van der Waals surface area contributed by atoms with Gasteiger partial charge in [-0.05, 0) is 45.0 Å². The number of para-hydroxylation sites is 1. The molecule has 206 valence electrons. The van der Waals surface area contributed by atoms with Gasteiger partial charge in [-0.1, -0.05) is 111 Å². The fraction of sp³-hybridized carbons (Fsp3) is 0.0750. The standard InChI is InChI=1S/C40H26N4/c1-40(2)31-19-9-7-16-27(31)34-35(40)37-29(18-11-21-41-37)33-28-17-8-10-20-32(28)44(38(33)34)39-42-22-30-25-14-4-3-12-23(25)24-13-5-6-15-26(24)36(30)43-39/h3-22H,1-2H3. The molecule has 3 heterocycles. The average Bonchev–Trinajstić information content (AvgIpc) is 3.54.